The third-order valence-corrected chi connectivity index (χ3v) is 2.54. The number of hydrogen-bond acceptors (Lipinski definition) is 5. The number of nitrogens with two attached hydrogens (primary N) is 2. The van der Waals surface area contributed by atoms with Gasteiger partial charge in [0, 0.05) is 18.8 Å². The van der Waals surface area contributed by atoms with Gasteiger partial charge in [0.25, 0.3) is 0 Å². The average Bonchev–Trinajstić information content (AvgIpc) is 2.51. The Balaban J connectivity index is 2.69. The number of nitrogens with zero attached hydrogens (tertiary/aromatic N) is 1. The number of carboxylic acids is 1. The van der Waals surface area contributed by atoms with E-state index in [-0.39, 0.29) is 11.6 Å². The molecule has 6 nitrogen and oxygen atoms in total. The van der Waals surface area contributed by atoms with Gasteiger partial charge in [-0.15, -0.1) is 0 Å². The zero-order chi connectivity index (χ0) is 13.5. The van der Waals surface area contributed by atoms with Crippen LogP contribution < -0.4 is 11.6 Å². The molecule has 6 heteroatoms. The first-order valence-corrected chi connectivity index (χ1v) is 5.74. The summed E-state index contributed by atoms with van der Waals surface area (Å²) in [6, 6.07) is -0.321. The quantitative estimate of drug-likeness (QED) is 0.349. The molecule has 0 radical (unpaired) electrons. The first-order chi connectivity index (χ1) is 8.56. The summed E-state index contributed by atoms with van der Waals surface area (Å²) in [6.07, 6.45) is 6.32. The predicted octanol–water partition coefficient (Wildman–Crippen LogP) is -0.00940. The van der Waals surface area contributed by atoms with Gasteiger partial charge in [-0.1, -0.05) is 12.2 Å². The van der Waals surface area contributed by atoms with Gasteiger partial charge in [0.1, 0.15) is 0 Å². The Morgan fingerprint density at radius 2 is 2.33 bits per heavy atom. The van der Waals surface area contributed by atoms with Crippen molar-refractivity contribution in [2.45, 2.75) is 13.0 Å². The van der Waals surface area contributed by atoms with E-state index < -0.39 is 5.97 Å². The van der Waals surface area contributed by atoms with E-state index in [0.717, 1.165) is 0 Å². The molecule has 0 heterocycles. The second-order valence-corrected chi connectivity index (χ2v) is 3.84. The molecule has 0 saturated heterocycles. The van der Waals surface area contributed by atoms with Crippen molar-refractivity contribution in [1.82, 2.24) is 5.01 Å². The number of ether oxygens (including phenoxy) is 1. The number of hydrazine groups is 1. The second kappa shape index (κ2) is 6.95. The Bertz CT molecular complexity index is 388. The lowest BCUT2D eigenvalue weighted by Gasteiger charge is -2.24. The topological polar surface area (TPSA) is 102 Å². The van der Waals surface area contributed by atoms with Crippen molar-refractivity contribution >= 4 is 5.97 Å². The van der Waals surface area contributed by atoms with E-state index in [9.17, 15) is 4.79 Å². The normalized spacial score (nSPS) is 19.4. The van der Waals surface area contributed by atoms with E-state index in [0.29, 0.717) is 25.5 Å². The summed E-state index contributed by atoms with van der Waals surface area (Å²) < 4.78 is 5.21. The van der Waals surface area contributed by atoms with Gasteiger partial charge in [0.15, 0.2) is 0 Å². The summed E-state index contributed by atoms with van der Waals surface area (Å²) in [5.41, 5.74) is 6.40. The minimum absolute atomic E-state index is 0.143. The molecule has 1 unspecified atom stereocenters. The van der Waals surface area contributed by atoms with Gasteiger partial charge in [-0.05, 0) is 19.1 Å². The number of aliphatic carboxylic acids is 1. The van der Waals surface area contributed by atoms with Crippen LogP contribution in [0.15, 0.2) is 35.6 Å². The number of hydrogen-bond donors (Lipinski definition) is 3. The molecule has 1 rings (SSSR count). The minimum atomic E-state index is -1.01. The number of allylic oxidation sites excluding steroid dienone is 2. The maximum absolute atomic E-state index is 10.9. The summed E-state index contributed by atoms with van der Waals surface area (Å²) in [5.74, 6) is 4.87. The van der Waals surface area contributed by atoms with Gasteiger partial charge < -0.3 is 15.6 Å². The average molecular weight is 253 g/mol. The Labute approximate surface area is 106 Å². The second-order valence-electron chi connectivity index (χ2n) is 3.84. The van der Waals surface area contributed by atoms with Crippen LogP contribution in [0.1, 0.15) is 6.92 Å². The van der Waals surface area contributed by atoms with Gasteiger partial charge in [0.2, 0.25) is 0 Å². The van der Waals surface area contributed by atoms with Crippen LogP contribution in [0.25, 0.3) is 0 Å². The fraction of sp³-hybridized carbons (Fsp3) is 0.417. The number of carbonyl (C=O) groups is 1. The molecule has 18 heavy (non-hydrogen) atoms. The van der Waals surface area contributed by atoms with Crippen molar-refractivity contribution in [3.05, 3.63) is 35.6 Å². The summed E-state index contributed by atoms with van der Waals surface area (Å²) in [4.78, 5) is 10.9. The lowest BCUT2D eigenvalue weighted by atomic mass is 10.1. The zero-order valence-corrected chi connectivity index (χ0v) is 10.4. The molecular weight excluding hydrogens is 234 g/mol. The zero-order valence-electron chi connectivity index (χ0n) is 10.4. The molecule has 100 valence electrons. The van der Waals surface area contributed by atoms with E-state index >= 15 is 0 Å². The molecule has 0 aromatic heterocycles. The maximum atomic E-state index is 10.9. The predicted molar refractivity (Wildman–Crippen MR) is 68.3 cm³/mol. The van der Waals surface area contributed by atoms with Crippen molar-refractivity contribution in [2.75, 3.05) is 19.8 Å². The Hall–Kier alpha value is -1.63. The van der Waals surface area contributed by atoms with E-state index in [1.165, 1.54) is 17.2 Å². The van der Waals surface area contributed by atoms with Crippen molar-refractivity contribution < 1.29 is 14.6 Å². The van der Waals surface area contributed by atoms with E-state index in [1.807, 2.05) is 6.92 Å². The van der Waals surface area contributed by atoms with Crippen molar-refractivity contribution in [3.8, 4) is 0 Å². The highest BCUT2D eigenvalue weighted by atomic mass is 16.5. The molecule has 1 aliphatic carbocycles. The molecule has 1 aliphatic rings. The molecule has 0 bridgehead atoms. The van der Waals surface area contributed by atoms with Crippen LogP contribution in [0.3, 0.4) is 0 Å². The van der Waals surface area contributed by atoms with E-state index in [4.69, 9.17) is 21.4 Å². The number of carboxylic acid groups (broad SMARTS) is 1. The molecule has 0 fully saturated rings. The van der Waals surface area contributed by atoms with Gasteiger partial charge in [-0.25, -0.2) is 9.80 Å². The third kappa shape index (κ3) is 3.99. The summed E-state index contributed by atoms with van der Waals surface area (Å²) in [7, 11) is 0. The third-order valence-electron chi connectivity index (χ3n) is 2.54. The highest BCUT2D eigenvalue weighted by Crippen LogP contribution is 2.12. The monoisotopic (exact) mass is 253 g/mol. The van der Waals surface area contributed by atoms with Crippen LogP contribution >= 0.6 is 0 Å². The Kier molecular flexibility index (Phi) is 5.57. The first-order valence-electron chi connectivity index (χ1n) is 5.74. The molecule has 0 aromatic rings. The standard InChI is InChI=1S/C12H19N3O3/c1-2-18-7-6-15(14)11-5-3-4-9(12(16)17)8-10(11)13/h3-5,8,11H,2,6-7,13-14H2,1H3,(H,16,17). The Morgan fingerprint density at radius 3 is 2.94 bits per heavy atom. The fourth-order valence-corrected chi connectivity index (χ4v) is 1.58. The minimum Gasteiger partial charge on any atom is -0.478 e. The van der Waals surface area contributed by atoms with Crippen LogP contribution in [0.5, 0.6) is 0 Å². The maximum Gasteiger partial charge on any atom is 0.335 e. The molecular formula is C12H19N3O3. The van der Waals surface area contributed by atoms with Crippen molar-refractivity contribution in [1.29, 1.82) is 0 Å². The molecule has 0 spiro atoms. The lowest BCUT2D eigenvalue weighted by Crippen LogP contribution is -2.44. The number of rotatable bonds is 6. The first kappa shape index (κ1) is 14.4. The van der Waals surface area contributed by atoms with E-state index in [2.05, 4.69) is 0 Å². The molecule has 0 aliphatic heterocycles. The summed E-state index contributed by atoms with van der Waals surface area (Å²) in [5, 5.41) is 10.4. The van der Waals surface area contributed by atoms with Gasteiger partial charge in [-0.3, -0.25) is 5.84 Å². The largest absolute Gasteiger partial charge is 0.478 e. The summed E-state index contributed by atoms with van der Waals surface area (Å²) >= 11 is 0. The highest BCUT2D eigenvalue weighted by Gasteiger charge is 2.18. The molecule has 0 saturated carbocycles. The van der Waals surface area contributed by atoms with Gasteiger partial charge in [0.05, 0.1) is 18.2 Å². The van der Waals surface area contributed by atoms with Gasteiger partial charge in [-0.2, -0.15) is 0 Å². The molecule has 0 amide bonds. The SMILES string of the molecule is CCOCCN(N)C1C=CC=C(C(=O)O)C=C1N. The molecule has 5 N–H and O–H groups in total. The summed E-state index contributed by atoms with van der Waals surface area (Å²) in [6.45, 7) is 3.55. The van der Waals surface area contributed by atoms with Crippen LogP contribution in [0.4, 0.5) is 0 Å². The van der Waals surface area contributed by atoms with Crippen molar-refractivity contribution in [2.24, 2.45) is 11.6 Å². The van der Waals surface area contributed by atoms with Crippen LogP contribution in [0.2, 0.25) is 0 Å². The van der Waals surface area contributed by atoms with E-state index in [1.54, 1.807) is 12.2 Å². The van der Waals surface area contributed by atoms with Gasteiger partial charge >= 0.3 is 5.97 Å². The molecule has 0 aromatic carbocycles. The molecule has 1 atom stereocenters. The highest BCUT2D eigenvalue weighted by molar-refractivity contribution is 5.90. The van der Waals surface area contributed by atoms with Crippen LogP contribution in [-0.4, -0.2) is 41.9 Å². The van der Waals surface area contributed by atoms with Crippen molar-refractivity contribution in [3.63, 3.8) is 0 Å². The van der Waals surface area contributed by atoms with Crippen LogP contribution in [-0.2, 0) is 9.53 Å². The van der Waals surface area contributed by atoms with Crippen LogP contribution in [0, 0.1) is 0 Å². The Morgan fingerprint density at radius 1 is 1.61 bits per heavy atom. The smallest absolute Gasteiger partial charge is 0.335 e. The fourth-order valence-electron chi connectivity index (χ4n) is 1.58. The lowest BCUT2D eigenvalue weighted by molar-refractivity contribution is -0.132.